The maximum absolute atomic E-state index is 9.81. The SMILES string of the molecule is CC(O)COc1c2ccccc2c(OCC(C)O)c2cc(Oc3ccccc3)ccc12. The Bertz CT molecular complexity index is 1170. The van der Waals surface area contributed by atoms with Crippen molar-refractivity contribution in [2.45, 2.75) is 26.1 Å². The summed E-state index contributed by atoms with van der Waals surface area (Å²) in [4.78, 5) is 0. The second kappa shape index (κ2) is 9.25. The van der Waals surface area contributed by atoms with Gasteiger partial charge in [0, 0.05) is 21.5 Å². The molecule has 0 spiro atoms. The maximum Gasteiger partial charge on any atom is 0.135 e. The van der Waals surface area contributed by atoms with Gasteiger partial charge >= 0.3 is 0 Å². The molecule has 4 aromatic rings. The fourth-order valence-electron chi connectivity index (χ4n) is 3.49. The first-order valence-electron chi connectivity index (χ1n) is 10.4. The molecule has 5 heteroatoms. The number of aliphatic hydroxyl groups excluding tert-OH is 2. The summed E-state index contributed by atoms with van der Waals surface area (Å²) in [6, 6.07) is 23.1. The van der Waals surface area contributed by atoms with Crippen molar-refractivity contribution in [3.8, 4) is 23.0 Å². The lowest BCUT2D eigenvalue weighted by Crippen LogP contribution is -2.14. The van der Waals surface area contributed by atoms with E-state index in [0.29, 0.717) is 17.2 Å². The van der Waals surface area contributed by atoms with E-state index in [0.717, 1.165) is 27.3 Å². The van der Waals surface area contributed by atoms with Gasteiger partial charge < -0.3 is 24.4 Å². The van der Waals surface area contributed by atoms with E-state index in [9.17, 15) is 10.2 Å². The molecular formula is C26H26O5. The Morgan fingerprint density at radius 2 is 1.13 bits per heavy atom. The molecule has 31 heavy (non-hydrogen) atoms. The average Bonchev–Trinajstić information content (AvgIpc) is 2.76. The summed E-state index contributed by atoms with van der Waals surface area (Å²) in [7, 11) is 0. The number of fused-ring (bicyclic) bond motifs is 2. The van der Waals surface area contributed by atoms with Crippen LogP contribution in [0.4, 0.5) is 0 Å². The minimum absolute atomic E-state index is 0.163. The van der Waals surface area contributed by atoms with Gasteiger partial charge in [0.15, 0.2) is 0 Å². The van der Waals surface area contributed by atoms with E-state index in [1.165, 1.54) is 0 Å². The largest absolute Gasteiger partial charge is 0.490 e. The molecule has 0 radical (unpaired) electrons. The van der Waals surface area contributed by atoms with E-state index in [-0.39, 0.29) is 13.2 Å². The Morgan fingerprint density at radius 3 is 1.71 bits per heavy atom. The summed E-state index contributed by atoms with van der Waals surface area (Å²) in [5.41, 5.74) is 0. The van der Waals surface area contributed by atoms with E-state index in [1.807, 2.05) is 72.8 Å². The van der Waals surface area contributed by atoms with Gasteiger partial charge in [-0.2, -0.15) is 0 Å². The molecule has 0 aliphatic heterocycles. The zero-order chi connectivity index (χ0) is 21.8. The molecule has 0 aromatic heterocycles. The number of ether oxygens (including phenoxy) is 3. The summed E-state index contributed by atoms with van der Waals surface area (Å²) in [5, 5.41) is 23.0. The summed E-state index contributed by atoms with van der Waals surface area (Å²) in [5.74, 6) is 2.74. The number of benzene rings is 4. The van der Waals surface area contributed by atoms with Crippen LogP contribution in [0.1, 0.15) is 13.8 Å². The summed E-state index contributed by atoms with van der Waals surface area (Å²) in [6.45, 7) is 3.72. The predicted molar refractivity (Wildman–Crippen MR) is 122 cm³/mol. The fraction of sp³-hybridized carbons (Fsp3) is 0.231. The number of para-hydroxylation sites is 1. The Kier molecular flexibility index (Phi) is 6.26. The number of hydrogen-bond acceptors (Lipinski definition) is 5. The van der Waals surface area contributed by atoms with Gasteiger partial charge in [0.25, 0.3) is 0 Å². The highest BCUT2D eigenvalue weighted by atomic mass is 16.5. The molecular weight excluding hydrogens is 392 g/mol. The second-order valence-corrected chi connectivity index (χ2v) is 7.65. The highest BCUT2D eigenvalue weighted by Crippen LogP contribution is 2.44. The van der Waals surface area contributed by atoms with E-state index >= 15 is 0 Å². The lowest BCUT2D eigenvalue weighted by Gasteiger charge is -2.19. The first-order chi connectivity index (χ1) is 15.0. The zero-order valence-corrected chi connectivity index (χ0v) is 17.6. The van der Waals surface area contributed by atoms with Crippen molar-refractivity contribution < 1.29 is 24.4 Å². The van der Waals surface area contributed by atoms with Gasteiger partial charge in [-0.15, -0.1) is 0 Å². The summed E-state index contributed by atoms with van der Waals surface area (Å²) < 4.78 is 18.1. The second-order valence-electron chi connectivity index (χ2n) is 7.65. The van der Waals surface area contributed by atoms with Crippen LogP contribution in [-0.4, -0.2) is 35.6 Å². The fourth-order valence-corrected chi connectivity index (χ4v) is 3.49. The van der Waals surface area contributed by atoms with Gasteiger partial charge in [0.2, 0.25) is 0 Å². The topological polar surface area (TPSA) is 68.2 Å². The molecule has 0 fully saturated rings. The predicted octanol–water partition coefficient (Wildman–Crippen LogP) is 5.30. The normalized spacial score (nSPS) is 13.2. The van der Waals surface area contributed by atoms with E-state index in [1.54, 1.807) is 13.8 Å². The smallest absolute Gasteiger partial charge is 0.135 e. The molecule has 2 unspecified atom stereocenters. The van der Waals surface area contributed by atoms with Crippen LogP contribution in [0.3, 0.4) is 0 Å². The van der Waals surface area contributed by atoms with Crippen molar-refractivity contribution in [3.05, 3.63) is 72.8 Å². The van der Waals surface area contributed by atoms with Gasteiger partial charge in [-0.1, -0.05) is 42.5 Å². The van der Waals surface area contributed by atoms with Crippen molar-refractivity contribution in [3.63, 3.8) is 0 Å². The van der Waals surface area contributed by atoms with Crippen LogP contribution in [0.2, 0.25) is 0 Å². The highest BCUT2D eigenvalue weighted by molar-refractivity contribution is 6.11. The van der Waals surface area contributed by atoms with Crippen LogP contribution in [-0.2, 0) is 0 Å². The molecule has 2 atom stereocenters. The van der Waals surface area contributed by atoms with Gasteiger partial charge in [0.1, 0.15) is 36.2 Å². The van der Waals surface area contributed by atoms with Crippen molar-refractivity contribution in [2.24, 2.45) is 0 Å². The van der Waals surface area contributed by atoms with Crippen LogP contribution in [0.25, 0.3) is 21.5 Å². The lowest BCUT2D eigenvalue weighted by atomic mass is 10.00. The van der Waals surface area contributed by atoms with E-state index in [4.69, 9.17) is 14.2 Å². The van der Waals surface area contributed by atoms with Crippen LogP contribution >= 0.6 is 0 Å². The Morgan fingerprint density at radius 1 is 0.613 bits per heavy atom. The van der Waals surface area contributed by atoms with Crippen LogP contribution in [0, 0.1) is 0 Å². The van der Waals surface area contributed by atoms with Gasteiger partial charge in [-0.25, -0.2) is 0 Å². The molecule has 0 saturated carbocycles. The molecule has 0 bridgehead atoms. The number of hydrogen-bond donors (Lipinski definition) is 2. The third kappa shape index (κ3) is 4.74. The third-order valence-electron chi connectivity index (χ3n) is 4.81. The van der Waals surface area contributed by atoms with Gasteiger partial charge in [0.05, 0.1) is 12.2 Å². The molecule has 0 saturated heterocycles. The van der Waals surface area contributed by atoms with Crippen molar-refractivity contribution in [1.29, 1.82) is 0 Å². The quantitative estimate of drug-likeness (QED) is 0.380. The van der Waals surface area contributed by atoms with Crippen molar-refractivity contribution in [2.75, 3.05) is 13.2 Å². The first kappa shape index (κ1) is 21.0. The molecule has 0 aliphatic rings. The zero-order valence-electron chi connectivity index (χ0n) is 17.6. The van der Waals surface area contributed by atoms with E-state index in [2.05, 4.69) is 0 Å². The molecule has 5 nitrogen and oxygen atoms in total. The van der Waals surface area contributed by atoms with Crippen molar-refractivity contribution >= 4 is 21.5 Å². The Labute approximate surface area is 181 Å². The van der Waals surface area contributed by atoms with E-state index < -0.39 is 12.2 Å². The molecule has 0 aliphatic carbocycles. The molecule has 160 valence electrons. The first-order valence-corrected chi connectivity index (χ1v) is 10.4. The number of aliphatic hydroxyl groups is 2. The van der Waals surface area contributed by atoms with Crippen molar-refractivity contribution in [1.82, 2.24) is 0 Å². The average molecular weight is 418 g/mol. The van der Waals surface area contributed by atoms with Crippen LogP contribution in [0.15, 0.2) is 72.8 Å². The lowest BCUT2D eigenvalue weighted by molar-refractivity contribution is 0.123. The van der Waals surface area contributed by atoms with Gasteiger partial charge in [-0.05, 0) is 44.2 Å². The molecule has 4 aromatic carbocycles. The Hall–Kier alpha value is -3.28. The maximum atomic E-state index is 9.81. The molecule has 0 heterocycles. The minimum Gasteiger partial charge on any atom is -0.490 e. The molecule has 0 amide bonds. The molecule has 4 rings (SSSR count). The highest BCUT2D eigenvalue weighted by Gasteiger charge is 2.18. The summed E-state index contributed by atoms with van der Waals surface area (Å²) >= 11 is 0. The monoisotopic (exact) mass is 418 g/mol. The standard InChI is InChI=1S/C26H26O5/c1-17(27)15-29-25-21-10-6-7-11-22(21)26(30-16-18(2)28)24-14-20(12-13-23(24)25)31-19-8-4-3-5-9-19/h3-14,17-18,27-28H,15-16H2,1-2H3. The number of rotatable bonds is 8. The van der Waals surface area contributed by atoms with Crippen LogP contribution in [0.5, 0.6) is 23.0 Å². The third-order valence-corrected chi connectivity index (χ3v) is 4.81. The van der Waals surface area contributed by atoms with Crippen LogP contribution < -0.4 is 14.2 Å². The van der Waals surface area contributed by atoms with Gasteiger partial charge in [-0.3, -0.25) is 0 Å². The Balaban J connectivity index is 1.90. The summed E-state index contributed by atoms with van der Waals surface area (Å²) in [6.07, 6.45) is -1.20. The minimum atomic E-state index is -0.608. The molecule has 2 N–H and O–H groups in total.